The molecule has 1 aromatic carbocycles. The largest absolute Gasteiger partial charge is 0.337 e. The number of rotatable bonds is 4. The van der Waals surface area contributed by atoms with Crippen LogP contribution in [-0.4, -0.2) is 73.0 Å². The minimum Gasteiger partial charge on any atom is -0.337 e. The zero-order valence-electron chi connectivity index (χ0n) is 15.2. The van der Waals surface area contributed by atoms with Crippen molar-refractivity contribution in [3.8, 4) is 0 Å². The molecular formula is C20H30N4O. The number of benzene rings is 1. The first-order valence-electron chi connectivity index (χ1n) is 9.65. The third-order valence-electron chi connectivity index (χ3n) is 6.13. The van der Waals surface area contributed by atoms with Gasteiger partial charge in [0.15, 0.2) is 0 Å². The Labute approximate surface area is 150 Å². The lowest BCUT2D eigenvalue weighted by Gasteiger charge is -2.32. The topological polar surface area (TPSA) is 52.8 Å². The molecule has 4 rings (SSSR count). The van der Waals surface area contributed by atoms with Gasteiger partial charge < -0.3 is 15.5 Å². The van der Waals surface area contributed by atoms with Crippen LogP contribution < -0.4 is 5.73 Å². The second kappa shape index (κ2) is 7.06. The van der Waals surface area contributed by atoms with Gasteiger partial charge in [0.1, 0.15) is 0 Å². The fourth-order valence-corrected chi connectivity index (χ4v) is 4.24. The van der Waals surface area contributed by atoms with Gasteiger partial charge in [-0.15, -0.1) is 0 Å². The number of nitrogens with zero attached hydrogens (tertiary/aromatic N) is 3. The lowest BCUT2D eigenvalue weighted by Crippen LogP contribution is -2.43. The van der Waals surface area contributed by atoms with E-state index < -0.39 is 0 Å². The van der Waals surface area contributed by atoms with Gasteiger partial charge in [-0.1, -0.05) is 12.1 Å². The van der Waals surface area contributed by atoms with E-state index in [1.807, 2.05) is 17.0 Å². The normalized spacial score (nSPS) is 28.5. The van der Waals surface area contributed by atoms with Crippen LogP contribution >= 0.6 is 0 Å². The van der Waals surface area contributed by atoms with Crippen molar-refractivity contribution in [3.63, 3.8) is 0 Å². The van der Waals surface area contributed by atoms with Crippen LogP contribution in [0, 0.1) is 11.8 Å². The minimum absolute atomic E-state index is 0.143. The van der Waals surface area contributed by atoms with Crippen LogP contribution in [0.3, 0.4) is 0 Å². The van der Waals surface area contributed by atoms with E-state index in [1.54, 1.807) is 0 Å². The lowest BCUT2D eigenvalue weighted by atomic mass is 9.99. The first-order chi connectivity index (χ1) is 12.1. The van der Waals surface area contributed by atoms with Gasteiger partial charge in [0.05, 0.1) is 0 Å². The summed E-state index contributed by atoms with van der Waals surface area (Å²) in [5.41, 5.74) is 8.35. The highest BCUT2D eigenvalue weighted by molar-refractivity contribution is 5.94. The molecule has 0 bridgehead atoms. The highest BCUT2D eigenvalue weighted by atomic mass is 16.2. The standard InChI is InChI=1S/C20H30N4O/c1-22-8-10-23(11-9-22)12-15-2-4-17(5-3-15)20(25)24-13-18(16-6-7-16)19(21)14-24/h2-5,16,18-19H,6-14,21H2,1H3/t18-,19+/m0/s1. The molecule has 25 heavy (non-hydrogen) atoms. The number of carbonyl (C=O) groups is 1. The molecule has 0 radical (unpaired) electrons. The molecule has 2 N–H and O–H groups in total. The Morgan fingerprint density at radius 2 is 1.76 bits per heavy atom. The van der Waals surface area contributed by atoms with Gasteiger partial charge >= 0.3 is 0 Å². The maximum atomic E-state index is 12.8. The summed E-state index contributed by atoms with van der Waals surface area (Å²) in [6.07, 6.45) is 2.59. The number of likely N-dealkylation sites (tertiary alicyclic amines) is 1. The predicted octanol–water partition coefficient (Wildman–Crippen LogP) is 1.24. The molecule has 2 aliphatic heterocycles. The Kier molecular flexibility index (Phi) is 4.80. The Balaban J connectivity index is 1.34. The number of carbonyl (C=O) groups excluding carboxylic acids is 1. The molecule has 2 atom stereocenters. The number of amides is 1. The average Bonchev–Trinajstić information content (AvgIpc) is 3.39. The van der Waals surface area contributed by atoms with Crippen molar-refractivity contribution < 1.29 is 4.79 Å². The minimum atomic E-state index is 0.143. The maximum absolute atomic E-state index is 12.8. The van der Waals surface area contributed by atoms with Gasteiger partial charge in [0.2, 0.25) is 0 Å². The van der Waals surface area contributed by atoms with Gasteiger partial charge in [0.25, 0.3) is 5.91 Å². The number of nitrogens with two attached hydrogens (primary N) is 1. The fourth-order valence-electron chi connectivity index (χ4n) is 4.24. The molecule has 0 spiro atoms. The highest BCUT2D eigenvalue weighted by Crippen LogP contribution is 2.41. The van der Waals surface area contributed by atoms with Crippen LogP contribution in [0.2, 0.25) is 0 Å². The molecule has 5 heteroatoms. The van der Waals surface area contributed by atoms with E-state index in [1.165, 1.54) is 18.4 Å². The van der Waals surface area contributed by atoms with E-state index in [2.05, 4.69) is 29.0 Å². The molecule has 1 aliphatic carbocycles. The van der Waals surface area contributed by atoms with Crippen molar-refractivity contribution >= 4 is 5.91 Å². The summed E-state index contributed by atoms with van der Waals surface area (Å²) in [6, 6.07) is 8.36. The van der Waals surface area contributed by atoms with Gasteiger partial charge in [-0.25, -0.2) is 0 Å². The van der Waals surface area contributed by atoms with Crippen LogP contribution in [0.15, 0.2) is 24.3 Å². The Morgan fingerprint density at radius 1 is 1.08 bits per heavy atom. The molecular weight excluding hydrogens is 312 g/mol. The van der Waals surface area contributed by atoms with Crippen LogP contribution in [-0.2, 0) is 6.54 Å². The van der Waals surface area contributed by atoms with Gasteiger partial charge in [-0.2, -0.15) is 0 Å². The third-order valence-corrected chi connectivity index (χ3v) is 6.13. The SMILES string of the molecule is CN1CCN(Cc2ccc(C(=O)N3C[C@@H](N)[C@H](C4CC4)C3)cc2)CC1. The smallest absolute Gasteiger partial charge is 0.253 e. The Morgan fingerprint density at radius 3 is 2.40 bits per heavy atom. The molecule has 3 aliphatic rings. The summed E-state index contributed by atoms with van der Waals surface area (Å²) >= 11 is 0. The predicted molar refractivity (Wildman–Crippen MR) is 99.3 cm³/mol. The summed E-state index contributed by atoms with van der Waals surface area (Å²) in [5.74, 6) is 1.42. The van der Waals surface area contributed by atoms with Crippen LogP contribution in [0.5, 0.6) is 0 Å². The van der Waals surface area contributed by atoms with E-state index in [0.717, 1.165) is 50.7 Å². The molecule has 3 fully saturated rings. The quantitative estimate of drug-likeness (QED) is 0.895. The first kappa shape index (κ1) is 17.0. The molecule has 136 valence electrons. The summed E-state index contributed by atoms with van der Waals surface area (Å²) < 4.78 is 0. The molecule has 1 aromatic rings. The van der Waals surface area contributed by atoms with Gasteiger partial charge in [-0.05, 0) is 49.4 Å². The molecule has 5 nitrogen and oxygen atoms in total. The van der Waals surface area contributed by atoms with Crippen molar-refractivity contribution in [2.45, 2.75) is 25.4 Å². The van der Waals surface area contributed by atoms with Gasteiger partial charge in [-0.3, -0.25) is 9.69 Å². The lowest BCUT2D eigenvalue weighted by molar-refractivity contribution is 0.0785. The van der Waals surface area contributed by atoms with E-state index in [0.29, 0.717) is 12.5 Å². The summed E-state index contributed by atoms with van der Waals surface area (Å²) in [7, 11) is 2.18. The van der Waals surface area contributed by atoms with E-state index in [-0.39, 0.29) is 11.9 Å². The van der Waals surface area contributed by atoms with Crippen molar-refractivity contribution in [2.75, 3.05) is 46.3 Å². The second-order valence-electron chi connectivity index (χ2n) is 8.15. The van der Waals surface area contributed by atoms with Crippen molar-refractivity contribution in [1.29, 1.82) is 0 Å². The average molecular weight is 342 g/mol. The van der Waals surface area contributed by atoms with Crippen LogP contribution in [0.4, 0.5) is 0 Å². The molecule has 1 amide bonds. The number of piperazine rings is 1. The summed E-state index contributed by atoms with van der Waals surface area (Å²) in [5, 5.41) is 0. The summed E-state index contributed by atoms with van der Waals surface area (Å²) in [4.78, 5) is 19.6. The monoisotopic (exact) mass is 342 g/mol. The number of hydrogen-bond acceptors (Lipinski definition) is 4. The number of likely N-dealkylation sites (N-methyl/N-ethyl adjacent to an activating group) is 1. The fraction of sp³-hybridized carbons (Fsp3) is 0.650. The highest BCUT2D eigenvalue weighted by Gasteiger charge is 2.42. The summed E-state index contributed by atoms with van der Waals surface area (Å²) in [6.45, 7) is 7.02. The molecule has 1 saturated carbocycles. The van der Waals surface area contributed by atoms with E-state index in [4.69, 9.17) is 5.73 Å². The van der Waals surface area contributed by atoms with Crippen molar-refractivity contribution in [3.05, 3.63) is 35.4 Å². The van der Waals surface area contributed by atoms with Crippen molar-refractivity contribution in [1.82, 2.24) is 14.7 Å². The van der Waals surface area contributed by atoms with E-state index in [9.17, 15) is 4.79 Å². The van der Waals surface area contributed by atoms with Crippen LogP contribution in [0.1, 0.15) is 28.8 Å². The zero-order chi connectivity index (χ0) is 17.4. The Bertz CT molecular complexity index is 605. The van der Waals surface area contributed by atoms with E-state index >= 15 is 0 Å². The maximum Gasteiger partial charge on any atom is 0.253 e. The molecule has 0 unspecified atom stereocenters. The zero-order valence-corrected chi connectivity index (χ0v) is 15.2. The molecule has 2 heterocycles. The number of hydrogen-bond donors (Lipinski definition) is 1. The first-order valence-corrected chi connectivity index (χ1v) is 9.65. The van der Waals surface area contributed by atoms with Crippen LogP contribution in [0.25, 0.3) is 0 Å². The molecule has 2 saturated heterocycles. The van der Waals surface area contributed by atoms with Crippen molar-refractivity contribution in [2.24, 2.45) is 17.6 Å². The Hall–Kier alpha value is -1.43. The third kappa shape index (κ3) is 3.89. The second-order valence-corrected chi connectivity index (χ2v) is 8.15. The van der Waals surface area contributed by atoms with Gasteiger partial charge in [0, 0.05) is 57.4 Å². The molecule has 0 aromatic heterocycles.